The molecule has 0 amide bonds. The fourth-order valence-corrected chi connectivity index (χ4v) is 5.09. The monoisotopic (exact) mass is 443 g/mol. The summed E-state index contributed by atoms with van der Waals surface area (Å²) in [5, 5.41) is 10.0. The molecular weight excluding hydrogens is 406 g/mol. The molecule has 1 fully saturated rings. The molecule has 0 radical (unpaired) electrons. The highest BCUT2D eigenvalue weighted by atomic mass is 16.5. The molecule has 3 aromatic carbocycles. The van der Waals surface area contributed by atoms with Crippen LogP contribution in [-0.2, 0) is 13.0 Å². The Morgan fingerprint density at radius 2 is 1.42 bits per heavy atom. The van der Waals surface area contributed by atoms with Crippen LogP contribution in [0, 0.1) is 0 Å². The third-order valence-electron chi connectivity index (χ3n) is 7.27. The number of hydrogen-bond acceptors (Lipinski definition) is 3. The van der Waals surface area contributed by atoms with Crippen molar-refractivity contribution in [1.29, 1.82) is 0 Å². The van der Waals surface area contributed by atoms with Gasteiger partial charge in [0.05, 0.1) is 6.61 Å². The predicted molar refractivity (Wildman–Crippen MR) is 136 cm³/mol. The summed E-state index contributed by atoms with van der Waals surface area (Å²) in [6.45, 7) is 0.835. The largest absolute Gasteiger partial charge is 0.489 e. The number of hydrogen-bond donors (Lipinski definition) is 1. The van der Waals surface area contributed by atoms with Crippen molar-refractivity contribution in [2.24, 2.45) is 0 Å². The summed E-state index contributed by atoms with van der Waals surface area (Å²) in [6, 6.07) is 30.4. The molecule has 0 heterocycles. The van der Waals surface area contributed by atoms with Crippen molar-refractivity contribution in [2.75, 3.05) is 13.7 Å². The van der Waals surface area contributed by atoms with E-state index >= 15 is 0 Å². The Labute approximate surface area is 199 Å². The Bertz CT molecular complexity index is 934. The molecule has 4 rings (SSSR count). The first-order valence-corrected chi connectivity index (χ1v) is 12.4. The minimum atomic E-state index is 0.229. The van der Waals surface area contributed by atoms with Gasteiger partial charge in [0.15, 0.2) is 0 Å². The summed E-state index contributed by atoms with van der Waals surface area (Å²) in [5.74, 6) is 1.55. The second-order valence-electron chi connectivity index (χ2n) is 9.37. The van der Waals surface area contributed by atoms with Crippen LogP contribution in [0.5, 0.6) is 5.75 Å². The first-order valence-electron chi connectivity index (χ1n) is 12.4. The molecule has 0 aromatic heterocycles. The number of likely N-dealkylation sites (N-methyl/N-ethyl adjacent to an activating group) is 1. The van der Waals surface area contributed by atoms with Gasteiger partial charge in [-0.25, -0.2) is 0 Å². The van der Waals surface area contributed by atoms with E-state index in [0.29, 0.717) is 18.6 Å². The highest BCUT2D eigenvalue weighted by Crippen LogP contribution is 2.36. The van der Waals surface area contributed by atoms with E-state index in [9.17, 15) is 5.11 Å². The van der Waals surface area contributed by atoms with Crippen molar-refractivity contribution < 1.29 is 9.84 Å². The van der Waals surface area contributed by atoms with Gasteiger partial charge in [-0.05, 0) is 80.3 Å². The van der Waals surface area contributed by atoms with Gasteiger partial charge in [0, 0.05) is 12.1 Å². The van der Waals surface area contributed by atoms with Crippen LogP contribution in [0.25, 0.3) is 0 Å². The van der Waals surface area contributed by atoms with Gasteiger partial charge in [0.1, 0.15) is 12.4 Å². The van der Waals surface area contributed by atoms with Crippen molar-refractivity contribution in [3.63, 3.8) is 0 Å². The maximum atomic E-state index is 10.0. The highest BCUT2D eigenvalue weighted by Gasteiger charge is 2.28. The van der Waals surface area contributed by atoms with Crippen LogP contribution >= 0.6 is 0 Å². The van der Waals surface area contributed by atoms with Gasteiger partial charge < -0.3 is 9.84 Å². The molecule has 174 valence electrons. The summed E-state index contributed by atoms with van der Waals surface area (Å²) >= 11 is 0. The number of benzene rings is 3. The normalized spacial score (nSPS) is 19.4. The van der Waals surface area contributed by atoms with Gasteiger partial charge in [-0.1, -0.05) is 72.8 Å². The smallest absolute Gasteiger partial charge is 0.119 e. The Hall–Kier alpha value is -2.62. The maximum Gasteiger partial charge on any atom is 0.119 e. The van der Waals surface area contributed by atoms with Gasteiger partial charge >= 0.3 is 0 Å². The lowest BCUT2D eigenvalue weighted by molar-refractivity contribution is 0.0813. The lowest BCUT2D eigenvalue weighted by Crippen LogP contribution is -2.44. The van der Waals surface area contributed by atoms with Crippen molar-refractivity contribution in [1.82, 2.24) is 4.90 Å². The maximum absolute atomic E-state index is 10.0. The standard InChI is InChI=1S/C30H37NO2/c1-31(29(22-32)17-12-24-8-4-2-5-9-24)28-18-13-26(14-19-28)27-15-20-30(21-16-27)33-23-25-10-6-3-7-11-25/h2-11,15-16,20-21,26,28-29,32H,12-14,17-19,22-23H2,1H3/t26?,28?,29-/m0/s1. The molecule has 3 heteroatoms. The summed E-state index contributed by atoms with van der Waals surface area (Å²) in [7, 11) is 2.20. The van der Waals surface area contributed by atoms with Crippen LogP contribution in [0.3, 0.4) is 0 Å². The molecule has 0 unspecified atom stereocenters. The van der Waals surface area contributed by atoms with Crippen molar-refractivity contribution in [3.8, 4) is 5.75 Å². The minimum Gasteiger partial charge on any atom is -0.489 e. The zero-order chi connectivity index (χ0) is 22.9. The van der Waals surface area contributed by atoms with Crippen LogP contribution in [0.1, 0.15) is 54.7 Å². The third-order valence-corrected chi connectivity index (χ3v) is 7.27. The lowest BCUT2D eigenvalue weighted by Gasteiger charge is -2.39. The van der Waals surface area contributed by atoms with E-state index in [-0.39, 0.29) is 12.6 Å². The predicted octanol–water partition coefficient (Wildman–Crippen LogP) is 6.22. The molecule has 0 spiro atoms. The van der Waals surface area contributed by atoms with Gasteiger partial charge in [0.2, 0.25) is 0 Å². The van der Waals surface area contributed by atoms with Gasteiger partial charge in [-0.15, -0.1) is 0 Å². The Kier molecular flexibility index (Phi) is 8.57. The summed E-state index contributed by atoms with van der Waals surface area (Å²) in [4.78, 5) is 2.44. The minimum absolute atomic E-state index is 0.229. The Morgan fingerprint density at radius 1 is 0.818 bits per heavy atom. The van der Waals surface area contributed by atoms with E-state index in [4.69, 9.17) is 4.74 Å². The molecule has 1 aliphatic carbocycles. The van der Waals surface area contributed by atoms with E-state index < -0.39 is 0 Å². The first-order chi connectivity index (χ1) is 16.2. The number of ether oxygens (including phenoxy) is 1. The first kappa shape index (κ1) is 23.5. The molecular formula is C30H37NO2. The molecule has 1 aliphatic rings. The molecule has 1 atom stereocenters. The molecule has 0 bridgehead atoms. The van der Waals surface area contributed by atoms with E-state index in [1.807, 2.05) is 18.2 Å². The van der Waals surface area contributed by atoms with E-state index in [0.717, 1.165) is 18.6 Å². The molecule has 3 aromatic rings. The van der Waals surface area contributed by atoms with Gasteiger partial charge in [0.25, 0.3) is 0 Å². The van der Waals surface area contributed by atoms with Crippen LogP contribution in [-0.4, -0.2) is 35.7 Å². The summed E-state index contributed by atoms with van der Waals surface area (Å²) < 4.78 is 5.95. The molecule has 0 saturated heterocycles. The zero-order valence-electron chi connectivity index (χ0n) is 19.8. The van der Waals surface area contributed by atoms with Crippen LogP contribution in [0.4, 0.5) is 0 Å². The molecule has 1 saturated carbocycles. The zero-order valence-corrected chi connectivity index (χ0v) is 19.8. The number of nitrogens with zero attached hydrogens (tertiary/aromatic N) is 1. The number of aryl methyl sites for hydroxylation is 1. The average Bonchev–Trinajstić information content (AvgIpc) is 2.89. The second kappa shape index (κ2) is 12.0. The Balaban J connectivity index is 1.24. The fourth-order valence-electron chi connectivity index (χ4n) is 5.09. The lowest BCUT2D eigenvalue weighted by atomic mass is 9.81. The van der Waals surface area contributed by atoms with E-state index in [1.54, 1.807) is 0 Å². The van der Waals surface area contributed by atoms with Crippen LogP contribution < -0.4 is 4.74 Å². The highest BCUT2D eigenvalue weighted by molar-refractivity contribution is 5.30. The third kappa shape index (κ3) is 6.69. The SMILES string of the molecule is CN(C1CCC(c2ccc(OCc3ccccc3)cc2)CC1)[C@H](CO)CCc1ccccc1. The molecule has 1 N–H and O–H groups in total. The van der Waals surface area contributed by atoms with Crippen molar-refractivity contribution in [2.45, 2.75) is 63.1 Å². The topological polar surface area (TPSA) is 32.7 Å². The Morgan fingerprint density at radius 3 is 2.03 bits per heavy atom. The summed E-state index contributed by atoms with van der Waals surface area (Å²) in [6.07, 6.45) is 6.81. The van der Waals surface area contributed by atoms with Crippen LogP contribution in [0.15, 0.2) is 84.9 Å². The average molecular weight is 444 g/mol. The number of rotatable bonds is 10. The molecule has 33 heavy (non-hydrogen) atoms. The van der Waals surface area contributed by atoms with Gasteiger partial charge in [-0.3, -0.25) is 4.90 Å². The van der Waals surface area contributed by atoms with Crippen molar-refractivity contribution >= 4 is 0 Å². The summed E-state index contributed by atoms with van der Waals surface area (Å²) in [5.41, 5.74) is 3.96. The van der Waals surface area contributed by atoms with Crippen molar-refractivity contribution in [3.05, 3.63) is 102 Å². The second-order valence-corrected chi connectivity index (χ2v) is 9.37. The van der Waals surface area contributed by atoms with Gasteiger partial charge in [-0.2, -0.15) is 0 Å². The molecule has 0 aliphatic heterocycles. The quantitative estimate of drug-likeness (QED) is 0.404. The number of aliphatic hydroxyl groups excluding tert-OH is 1. The fraction of sp³-hybridized carbons (Fsp3) is 0.400. The van der Waals surface area contributed by atoms with E-state index in [1.165, 1.54) is 42.4 Å². The molecule has 3 nitrogen and oxygen atoms in total. The van der Waals surface area contributed by atoms with E-state index in [2.05, 4.69) is 78.7 Å². The van der Waals surface area contributed by atoms with Crippen LogP contribution in [0.2, 0.25) is 0 Å². The number of aliphatic hydroxyl groups is 1.